The Balaban J connectivity index is 1.51. The highest BCUT2D eigenvalue weighted by atomic mass is 35.5. The Morgan fingerprint density at radius 1 is 1.03 bits per heavy atom. The molecule has 1 aliphatic heterocycles. The van der Waals surface area contributed by atoms with Crippen LogP contribution < -0.4 is 20.5 Å². The number of halogens is 1. The molecule has 1 N–H and O–H groups in total. The lowest BCUT2D eigenvalue weighted by molar-refractivity contribution is -0.117. The molecule has 0 aliphatic carbocycles. The van der Waals surface area contributed by atoms with E-state index in [1.165, 1.54) is 4.68 Å². The van der Waals surface area contributed by atoms with E-state index >= 15 is 0 Å². The van der Waals surface area contributed by atoms with Gasteiger partial charge in [-0.05, 0) is 86.8 Å². The first-order valence-electron chi connectivity index (χ1n) is 13.4. The third kappa shape index (κ3) is 5.19. The number of rotatable bonds is 8. The fraction of sp³-hybridized carbons (Fsp3) is 0.290. The Labute approximate surface area is 233 Å². The van der Waals surface area contributed by atoms with E-state index in [-0.39, 0.29) is 18.0 Å². The number of benzene rings is 3. The van der Waals surface area contributed by atoms with Gasteiger partial charge in [-0.1, -0.05) is 30.7 Å². The molecule has 7 nitrogen and oxygen atoms in total. The second-order valence-electron chi connectivity index (χ2n) is 9.73. The normalized spacial score (nSPS) is 11.9. The number of ether oxygens (including phenoxy) is 1. The van der Waals surface area contributed by atoms with Crippen molar-refractivity contribution in [3.8, 4) is 17.3 Å². The number of carbonyl (C=O) groups excluding carboxylic acids is 1. The van der Waals surface area contributed by atoms with Crippen LogP contribution in [0.5, 0.6) is 11.6 Å². The molecule has 3 aromatic carbocycles. The van der Waals surface area contributed by atoms with Crippen LogP contribution in [0.1, 0.15) is 43.0 Å². The first-order chi connectivity index (χ1) is 18.8. The average molecular weight is 545 g/mol. The Hall–Kier alpha value is -3.97. The van der Waals surface area contributed by atoms with Gasteiger partial charge in [-0.15, -0.1) is 0 Å². The minimum absolute atomic E-state index is 0.0970. The molecule has 0 saturated carbocycles. The quantitative estimate of drug-likeness (QED) is 0.247. The molecule has 0 atom stereocenters. The maximum absolute atomic E-state index is 13.7. The summed E-state index contributed by atoms with van der Waals surface area (Å²) in [5.74, 6) is 0.747. The zero-order chi connectivity index (χ0) is 27.7. The Bertz CT molecular complexity index is 1580. The summed E-state index contributed by atoms with van der Waals surface area (Å²) in [7, 11) is 0. The van der Waals surface area contributed by atoms with E-state index in [9.17, 15) is 9.59 Å². The number of nitrogens with zero attached hydrogens (tertiary/aromatic N) is 3. The molecule has 1 amide bonds. The molecule has 1 aliphatic rings. The summed E-state index contributed by atoms with van der Waals surface area (Å²) < 4.78 is 9.40. The molecular formula is C31H33ClN4O3. The van der Waals surface area contributed by atoms with Crippen molar-refractivity contribution in [1.29, 1.82) is 0 Å². The number of aryl methyl sites for hydroxylation is 2. The van der Waals surface area contributed by atoms with Crippen molar-refractivity contribution in [3.63, 3.8) is 0 Å². The first-order valence-corrected chi connectivity index (χ1v) is 13.8. The number of carbonyl (C=O) groups is 1. The molecule has 8 heteroatoms. The van der Waals surface area contributed by atoms with Crippen molar-refractivity contribution in [2.45, 2.75) is 47.1 Å². The number of anilines is 2. The molecule has 4 aromatic rings. The monoisotopic (exact) mass is 544 g/mol. The number of hydrogen-bond donors (Lipinski definition) is 1. The van der Waals surface area contributed by atoms with E-state index in [1.807, 2.05) is 49.4 Å². The van der Waals surface area contributed by atoms with Crippen LogP contribution in [0.4, 0.5) is 11.4 Å². The van der Waals surface area contributed by atoms with Gasteiger partial charge in [0.1, 0.15) is 12.3 Å². The minimum Gasteiger partial charge on any atom is -0.439 e. The Morgan fingerprint density at radius 2 is 1.77 bits per heavy atom. The highest BCUT2D eigenvalue weighted by Gasteiger charge is 2.29. The number of hydrogen-bond acceptors (Lipinski definition) is 4. The van der Waals surface area contributed by atoms with E-state index in [4.69, 9.17) is 16.3 Å². The van der Waals surface area contributed by atoms with Gasteiger partial charge in [-0.2, -0.15) is 0 Å². The zero-order valence-corrected chi connectivity index (χ0v) is 23.5. The summed E-state index contributed by atoms with van der Waals surface area (Å²) in [6, 6.07) is 19.2. The maximum atomic E-state index is 13.7. The average Bonchev–Trinajstić information content (AvgIpc) is 3.19. The van der Waals surface area contributed by atoms with E-state index < -0.39 is 0 Å². The van der Waals surface area contributed by atoms with Gasteiger partial charge in [0.05, 0.1) is 11.3 Å². The van der Waals surface area contributed by atoms with Crippen LogP contribution in [0.3, 0.4) is 0 Å². The summed E-state index contributed by atoms with van der Waals surface area (Å²) in [6.07, 6.45) is 1.26. The lowest BCUT2D eigenvalue weighted by Gasteiger charge is -2.22. The van der Waals surface area contributed by atoms with Crippen LogP contribution in [0, 0.1) is 6.92 Å². The third-order valence-corrected chi connectivity index (χ3v) is 7.51. The molecule has 0 fully saturated rings. The standard InChI is InChI=1S/C31H33ClN4O3/c1-5-21-8-11-24(12-9-21)36-30(38)26-18-22-17-23(32)10-15-28(22)39-31(26)35(36)19-29(37)33-27-14-13-25(16-20(27)4)34(6-2)7-3/h8-17H,5-7,18-19H2,1-4H3,(H,33,37). The minimum atomic E-state index is -0.254. The fourth-order valence-corrected chi connectivity index (χ4v) is 5.29. The molecule has 39 heavy (non-hydrogen) atoms. The summed E-state index contributed by atoms with van der Waals surface area (Å²) >= 11 is 6.21. The molecule has 202 valence electrons. The van der Waals surface area contributed by atoms with Crippen molar-refractivity contribution in [2.24, 2.45) is 0 Å². The maximum Gasteiger partial charge on any atom is 0.278 e. The number of fused-ring (bicyclic) bond motifs is 2. The van der Waals surface area contributed by atoms with E-state index in [0.717, 1.165) is 47.6 Å². The Kier molecular flexibility index (Phi) is 7.53. The van der Waals surface area contributed by atoms with Crippen LogP contribution in [0.2, 0.25) is 5.02 Å². The van der Waals surface area contributed by atoms with Crippen molar-refractivity contribution >= 4 is 28.9 Å². The van der Waals surface area contributed by atoms with Crippen LogP contribution in [0.15, 0.2) is 65.5 Å². The second kappa shape index (κ2) is 11.0. The molecular weight excluding hydrogens is 512 g/mol. The van der Waals surface area contributed by atoms with E-state index in [2.05, 4.69) is 37.1 Å². The van der Waals surface area contributed by atoms with Gasteiger partial charge in [0, 0.05) is 41.5 Å². The van der Waals surface area contributed by atoms with Gasteiger partial charge in [-0.3, -0.25) is 9.59 Å². The fourth-order valence-electron chi connectivity index (χ4n) is 5.09. The van der Waals surface area contributed by atoms with Crippen LogP contribution in [0.25, 0.3) is 5.69 Å². The van der Waals surface area contributed by atoms with Gasteiger partial charge in [-0.25, -0.2) is 9.36 Å². The molecule has 0 unspecified atom stereocenters. The number of amides is 1. The van der Waals surface area contributed by atoms with Crippen molar-refractivity contribution < 1.29 is 9.53 Å². The van der Waals surface area contributed by atoms with Crippen molar-refractivity contribution in [1.82, 2.24) is 9.36 Å². The lowest BCUT2D eigenvalue weighted by Crippen LogP contribution is -2.27. The number of nitrogens with one attached hydrogen (secondary N) is 1. The van der Waals surface area contributed by atoms with Crippen molar-refractivity contribution in [2.75, 3.05) is 23.3 Å². The summed E-state index contributed by atoms with van der Waals surface area (Å²) in [4.78, 5) is 29.4. The molecule has 5 rings (SSSR count). The predicted octanol–water partition coefficient (Wildman–Crippen LogP) is 6.34. The van der Waals surface area contributed by atoms with Crippen LogP contribution in [-0.2, 0) is 24.2 Å². The van der Waals surface area contributed by atoms with Crippen LogP contribution in [-0.4, -0.2) is 28.4 Å². The Morgan fingerprint density at radius 3 is 2.44 bits per heavy atom. The molecule has 0 bridgehead atoms. The summed E-state index contributed by atoms with van der Waals surface area (Å²) in [6.45, 7) is 10.0. The van der Waals surface area contributed by atoms with Gasteiger partial charge in [0.25, 0.3) is 5.56 Å². The highest BCUT2D eigenvalue weighted by Crippen LogP contribution is 2.37. The SMILES string of the molecule is CCc1ccc(-n2c(=O)c3c(n2CC(=O)Nc2ccc(N(CC)CC)cc2C)Oc2ccc(Cl)cc2C3)cc1. The van der Waals surface area contributed by atoms with Crippen molar-refractivity contribution in [3.05, 3.63) is 98.3 Å². The van der Waals surface area contributed by atoms with Crippen LogP contribution >= 0.6 is 11.6 Å². The lowest BCUT2D eigenvalue weighted by atomic mass is 10.0. The molecule has 0 saturated heterocycles. The third-order valence-electron chi connectivity index (χ3n) is 7.28. The first kappa shape index (κ1) is 26.6. The summed E-state index contributed by atoms with van der Waals surface area (Å²) in [5.41, 5.74) is 5.78. The van der Waals surface area contributed by atoms with Gasteiger partial charge < -0.3 is 15.0 Å². The topological polar surface area (TPSA) is 68.5 Å². The van der Waals surface area contributed by atoms with Gasteiger partial charge in [0.15, 0.2) is 0 Å². The highest BCUT2D eigenvalue weighted by molar-refractivity contribution is 6.30. The second-order valence-corrected chi connectivity index (χ2v) is 10.2. The summed E-state index contributed by atoms with van der Waals surface area (Å²) in [5, 5.41) is 3.61. The van der Waals surface area contributed by atoms with E-state index in [0.29, 0.717) is 34.3 Å². The predicted molar refractivity (Wildman–Crippen MR) is 157 cm³/mol. The largest absolute Gasteiger partial charge is 0.439 e. The van der Waals surface area contributed by atoms with Gasteiger partial charge in [0.2, 0.25) is 11.8 Å². The zero-order valence-electron chi connectivity index (χ0n) is 22.8. The van der Waals surface area contributed by atoms with E-state index in [1.54, 1.807) is 16.8 Å². The molecule has 2 heterocycles. The number of aromatic nitrogens is 2. The molecule has 1 aromatic heterocycles. The molecule has 0 spiro atoms. The smallest absolute Gasteiger partial charge is 0.278 e. The van der Waals surface area contributed by atoms with Gasteiger partial charge >= 0.3 is 0 Å². The molecule has 0 radical (unpaired) electrons.